The number of hydrogen-bond donors (Lipinski definition) is 0. The third-order valence-electron chi connectivity index (χ3n) is 4.23. The molecule has 0 amide bonds. The Hall–Kier alpha value is -2.43. The van der Waals surface area contributed by atoms with Crippen LogP contribution in [0.25, 0.3) is 0 Å². The zero-order valence-corrected chi connectivity index (χ0v) is 14.0. The molecule has 2 aromatic rings. The minimum Gasteiger partial charge on any atom is -0.496 e. The molecular weight excluding hydrogens is 306 g/mol. The van der Waals surface area contributed by atoms with E-state index >= 15 is 0 Å². The van der Waals surface area contributed by atoms with E-state index < -0.39 is 0 Å². The van der Waals surface area contributed by atoms with Crippen LogP contribution in [0.1, 0.15) is 30.0 Å². The topological polar surface area (TPSA) is 76.2 Å². The van der Waals surface area contributed by atoms with Gasteiger partial charge in [0.1, 0.15) is 18.2 Å². The van der Waals surface area contributed by atoms with Crippen LogP contribution in [0.3, 0.4) is 0 Å². The molecule has 1 atom stereocenters. The first-order valence-corrected chi connectivity index (χ1v) is 8.03. The molecule has 1 saturated heterocycles. The highest BCUT2D eigenvalue weighted by atomic mass is 16.5. The molecule has 0 N–H and O–H groups in total. The second-order valence-corrected chi connectivity index (χ2v) is 5.71. The summed E-state index contributed by atoms with van der Waals surface area (Å²) in [6.45, 7) is 5.79. The molecule has 1 aliphatic rings. The molecular formula is C17H21N5O2. The van der Waals surface area contributed by atoms with Crippen LogP contribution in [0, 0.1) is 11.3 Å². The van der Waals surface area contributed by atoms with Crippen molar-refractivity contribution in [1.29, 1.82) is 5.26 Å². The molecule has 7 nitrogen and oxygen atoms in total. The fraction of sp³-hybridized carbons (Fsp3) is 0.471. The number of hydrogen-bond acceptors (Lipinski definition) is 6. The van der Waals surface area contributed by atoms with E-state index in [1.165, 1.54) is 0 Å². The summed E-state index contributed by atoms with van der Waals surface area (Å²) in [6, 6.07) is 7.69. The van der Waals surface area contributed by atoms with Crippen molar-refractivity contribution in [1.82, 2.24) is 19.7 Å². The van der Waals surface area contributed by atoms with E-state index in [9.17, 15) is 0 Å². The van der Waals surface area contributed by atoms with Gasteiger partial charge in [-0.1, -0.05) is 0 Å². The van der Waals surface area contributed by atoms with Crippen LogP contribution in [-0.4, -0.2) is 46.5 Å². The summed E-state index contributed by atoms with van der Waals surface area (Å²) in [7, 11) is 1.65. The molecule has 0 spiro atoms. The molecule has 0 bridgehead atoms. The SMILES string of the molecule is CCn1cnnc1[C@@H]1CN(Cc2cc(C#N)ccc2OC)CCO1. The molecule has 1 aliphatic heterocycles. The second kappa shape index (κ2) is 7.43. The van der Waals surface area contributed by atoms with Crippen molar-refractivity contribution < 1.29 is 9.47 Å². The Kier molecular flexibility index (Phi) is 5.08. The van der Waals surface area contributed by atoms with E-state index in [4.69, 9.17) is 14.7 Å². The van der Waals surface area contributed by atoms with Crippen LogP contribution in [0.2, 0.25) is 0 Å². The van der Waals surface area contributed by atoms with Crippen molar-refractivity contribution in [2.24, 2.45) is 0 Å². The summed E-state index contributed by atoms with van der Waals surface area (Å²) in [5, 5.41) is 17.3. The second-order valence-electron chi connectivity index (χ2n) is 5.71. The van der Waals surface area contributed by atoms with Crippen LogP contribution in [0.15, 0.2) is 24.5 Å². The predicted molar refractivity (Wildman–Crippen MR) is 87.4 cm³/mol. The molecule has 3 rings (SSSR count). The maximum atomic E-state index is 9.11. The number of rotatable bonds is 5. The Morgan fingerprint density at radius 2 is 2.33 bits per heavy atom. The summed E-state index contributed by atoms with van der Waals surface area (Å²) in [6.07, 6.45) is 1.64. The van der Waals surface area contributed by atoms with Crippen LogP contribution in [0.4, 0.5) is 0 Å². The zero-order chi connectivity index (χ0) is 16.9. The fourth-order valence-corrected chi connectivity index (χ4v) is 2.97. The minimum absolute atomic E-state index is 0.0913. The Morgan fingerprint density at radius 3 is 3.08 bits per heavy atom. The van der Waals surface area contributed by atoms with E-state index in [1.54, 1.807) is 19.5 Å². The highest BCUT2D eigenvalue weighted by Crippen LogP contribution is 2.25. The lowest BCUT2D eigenvalue weighted by molar-refractivity contribution is -0.0390. The molecule has 0 radical (unpaired) electrons. The van der Waals surface area contributed by atoms with Crippen LogP contribution >= 0.6 is 0 Å². The van der Waals surface area contributed by atoms with E-state index in [0.717, 1.165) is 36.8 Å². The largest absolute Gasteiger partial charge is 0.496 e. The average molecular weight is 327 g/mol. The highest BCUT2D eigenvalue weighted by Gasteiger charge is 2.26. The van der Waals surface area contributed by atoms with Crippen LogP contribution in [0.5, 0.6) is 5.75 Å². The first kappa shape index (κ1) is 16.4. The number of aryl methyl sites for hydroxylation is 1. The van der Waals surface area contributed by atoms with Gasteiger partial charge in [-0.2, -0.15) is 5.26 Å². The van der Waals surface area contributed by atoms with Gasteiger partial charge in [0.2, 0.25) is 0 Å². The number of methoxy groups -OCH3 is 1. The minimum atomic E-state index is -0.0913. The Bertz CT molecular complexity index is 737. The predicted octanol–water partition coefficient (Wildman–Crippen LogP) is 1.75. The first-order valence-electron chi connectivity index (χ1n) is 8.03. The van der Waals surface area contributed by atoms with Gasteiger partial charge in [0.15, 0.2) is 5.82 Å². The molecule has 0 aliphatic carbocycles. The van der Waals surface area contributed by atoms with Gasteiger partial charge < -0.3 is 14.0 Å². The van der Waals surface area contributed by atoms with E-state index in [2.05, 4.69) is 28.1 Å². The quantitative estimate of drug-likeness (QED) is 0.833. The first-order chi connectivity index (χ1) is 11.7. The fourth-order valence-electron chi connectivity index (χ4n) is 2.97. The summed E-state index contributed by atoms with van der Waals surface area (Å²) in [5.74, 6) is 1.66. The molecule has 1 aromatic heterocycles. The normalized spacial score (nSPS) is 18.3. The van der Waals surface area contributed by atoms with Gasteiger partial charge in [0.05, 0.1) is 25.3 Å². The number of ether oxygens (including phenoxy) is 2. The summed E-state index contributed by atoms with van der Waals surface area (Å²) in [4.78, 5) is 2.29. The van der Waals surface area contributed by atoms with E-state index in [1.807, 2.05) is 16.7 Å². The van der Waals surface area contributed by atoms with E-state index in [0.29, 0.717) is 18.7 Å². The molecule has 0 unspecified atom stereocenters. The van der Waals surface area contributed by atoms with Gasteiger partial charge in [-0.3, -0.25) is 4.90 Å². The van der Waals surface area contributed by atoms with Gasteiger partial charge in [-0.25, -0.2) is 0 Å². The molecule has 126 valence electrons. The van der Waals surface area contributed by atoms with Crippen molar-refractivity contribution >= 4 is 0 Å². The third kappa shape index (κ3) is 3.40. The van der Waals surface area contributed by atoms with Gasteiger partial charge >= 0.3 is 0 Å². The Labute approximate surface area is 141 Å². The smallest absolute Gasteiger partial charge is 0.163 e. The summed E-state index contributed by atoms with van der Waals surface area (Å²) < 4.78 is 13.3. The number of benzene rings is 1. The number of morpholine rings is 1. The van der Waals surface area contributed by atoms with Crippen molar-refractivity contribution in [3.63, 3.8) is 0 Å². The van der Waals surface area contributed by atoms with Crippen LogP contribution < -0.4 is 4.74 Å². The summed E-state index contributed by atoms with van der Waals surface area (Å²) in [5.41, 5.74) is 1.65. The lowest BCUT2D eigenvalue weighted by Crippen LogP contribution is -2.38. The van der Waals surface area contributed by atoms with Crippen molar-refractivity contribution in [2.45, 2.75) is 26.1 Å². The number of aromatic nitrogens is 3. The monoisotopic (exact) mass is 327 g/mol. The zero-order valence-electron chi connectivity index (χ0n) is 14.0. The lowest BCUT2D eigenvalue weighted by atomic mass is 10.1. The Balaban J connectivity index is 1.75. The summed E-state index contributed by atoms with van der Waals surface area (Å²) >= 11 is 0. The number of nitriles is 1. The molecule has 1 fully saturated rings. The van der Waals surface area contributed by atoms with Crippen molar-refractivity contribution in [3.05, 3.63) is 41.5 Å². The Morgan fingerprint density at radius 1 is 1.46 bits per heavy atom. The maximum absolute atomic E-state index is 9.11. The molecule has 0 saturated carbocycles. The van der Waals surface area contributed by atoms with Gasteiger partial charge in [0.25, 0.3) is 0 Å². The lowest BCUT2D eigenvalue weighted by Gasteiger charge is -2.32. The van der Waals surface area contributed by atoms with Crippen LogP contribution in [-0.2, 0) is 17.8 Å². The standard InChI is InChI=1S/C17H21N5O2/c1-3-22-12-19-20-17(22)16-11-21(6-7-24-16)10-14-8-13(9-18)4-5-15(14)23-2/h4-5,8,12,16H,3,6-7,10-11H2,1-2H3/t16-/m0/s1. The molecule has 24 heavy (non-hydrogen) atoms. The van der Waals surface area contributed by atoms with Crippen molar-refractivity contribution in [3.8, 4) is 11.8 Å². The molecule has 7 heteroatoms. The van der Waals surface area contributed by atoms with E-state index in [-0.39, 0.29) is 6.10 Å². The van der Waals surface area contributed by atoms with Gasteiger partial charge in [-0.15, -0.1) is 10.2 Å². The molecule has 1 aromatic carbocycles. The van der Waals surface area contributed by atoms with Gasteiger partial charge in [0, 0.05) is 31.7 Å². The molecule has 2 heterocycles. The third-order valence-corrected chi connectivity index (χ3v) is 4.23. The average Bonchev–Trinajstić information content (AvgIpc) is 3.10. The number of nitrogens with zero attached hydrogens (tertiary/aromatic N) is 5. The maximum Gasteiger partial charge on any atom is 0.163 e. The highest BCUT2D eigenvalue weighted by molar-refractivity contribution is 5.42. The van der Waals surface area contributed by atoms with Gasteiger partial charge in [-0.05, 0) is 25.1 Å². The van der Waals surface area contributed by atoms with Crippen molar-refractivity contribution in [2.75, 3.05) is 26.8 Å².